The van der Waals surface area contributed by atoms with Gasteiger partial charge < -0.3 is 15.0 Å². The number of methoxy groups -OCH3 is 1. The summed E-state index contributed by atoms with van der Waals surface area (Å²) >= 11 is 0. The van der Waals surface area contributed by atoms with E-state index in [-0.39, 0.29) is 0 Å². The first-order valence-corrected chi connectivity index (χ1v) is 6.29. The van der Waals surface area contributed by atoms with Crippen molar-refractivity contribution >= 4 is 0 Å². The van der Waals surface area contributed by atoms with Gasteiger partial charge in [-0.2, -0.15) is 0 Å². The first kappa shape index (κ1) is 14.0. The van der Waals surface area contributed by atoms with Crippen LogP contribution in [0.5, 0.6) is 5.75 Å². The predicted octanol–water partition coefficient (Wildman–Crippen LogP) is 1.78. The molecule has 0 unspecified atom stereocenters. The van der Waals surface area contributed by atoms with E-state index in [2.05, 4.69) is 36.3 Å². The second-order valence-electron chi connectivity index (χ2n) is 4.21. The molecule has 1 aromatic carbocycles. The van der Waals surface area contributed by atoms with E-state index in [4.69, 9.17) is 4.74 Å². The average molecular weight is 236 g/mol. The maximum Gasteiger partial charge on any atom is 0.122 e. The molecule has 1 aromatic rings. The summed E-state index contributed by atoms with van der Waals surface area (Å²) in [7, 11) is 3.87. The molecule has 17 heavy (non-hydrogen) atoms. The van der Waals surface area contributed by atoms with Crippen LogP contribution in [0.3, 0.4) is 0 Å². The van der Waals surface area contributed by atoms with Gasteiger partial charge in [0.15, 0.2) is 0 Å². The first-order valence-electron chi connectivity index (χ1n) is 6.29. The standard InChI is InChI=1S/C14H24N2O/c1-4-16(2)12-11-15-10-9-13-7-5-6-8-14(13)17-3/h5-8,15H,4,9-12H2,1-3H3. The molecule has 1 rings (SSSR count). The molecule has 3 nitrogen and oxygen atoms in total. The van der Waals surface area contributed by atoms with Crippen molar-refractivity contribution in [1.29, 1.82) is 0 Å². The second-order valence-corrected chi connectivity index (χ2v) is 4.21. The van der Waals surface area contributed by atoms with Gasteiger partial charge >= 0.3 is 0 Å². The number of benzene rings is 1. The minimum Gasteiger partial charge on any atom is -0.496 e. The van der Waals surface area contributed by atoms with E-state index < -0.39 is 0 Å². The maximum atomic E-state index is 5.32. The summed E-state index contributed by atoms with van der Waals surface area (Å²) in [5.74, 6) is 0.986. The monoisotopic (exact) mass is 236 g/mol. The minimum absolute atomic E-state index is 0.986. The Hall–Kier alpha value is -1.06. The summed E-state index contributed by atoms with van der Waals surface area (Å²) in [5.41, 5.74) is 1.27. The smallest absolute Gasteiger partial charge is 0.122 e. The van der Waals surface area contributed by atoms with E-state index in [0.29, 0.717) is 0 Å². The van der Waals surface area contributed by atoms with E-state index >= 15 is 0 Å². The fraction of sp³-hybridized carbons (Fsp3) is 0.571. The maximum absolute atomic E-state index is 5.32. The molecule has 0 atom stereocenters. The van der Waals surface area contributed by atoms with Gasteiger partial charge in [0.25, 0.3) is 0 Å². The number of ether oxygens (including phenoxy) is 1. The Labute approximate surface area is 105 Å². The van der Waals surface area contributed by atoms with Crippen LogP contribution < -0.4 is 10.1 Å². The summed E-state index contributed by atoms with van der Waals surface area (Å²) in [6.45, 7) is 6.42. The van der Waals surface area contributed by atoms with Crippen LogP contribution in [-0.2, 0) is 6.42 Å². The summed E-state index contributed by atoms with van der Waals surface area (Å²) in [6.07, 6.45) is 1.01. The zero-order valence-electron chi connectivity index (χ0n) is 11.2. The second kappa shape index (κ2) is 8.09. The average Bonchev–Trinajstić information content (AvgIpc) is 2.38. The van der Waals surface area contributed by atoms with Gasteiger partial charge in [0.2, 0.25) is 0 Å². The molecular formula is C14H24N2O. The Morgan fingerprint density at radius 1 is 1.24 bits per heavy atom. The number of para-hydroxylation sites is 1. The summed E-state index contributed by atoms with van der Waals surface area (Å²) in [5, 5.41) is 3.45. The molecule has 0 fully saturated rings. The third-order valence-electron chi connectivity index (χ3n) is 2.97. The van der Waals surface area contributed by atoms with Crippen molar-refractivity contribution in [3.8, 4) is 5.75 Å². The molecule has 1 N–H and O–H groups in total. The van der Waals surface area contributed by atoms with Crippen molar-refractivity contribution < 1.29 is 4.74 Å². The predicted molar refractivity (Wildman–Crippen MR) is 72.7 cm³/mol. The quantitative estimate of drug-likeness (QED) is 0.696. The Kier molecular flexibility index (Phi) is 6.67. The molecule has 3 heteroatoms. The lowest BCUT2D eigenvalue weighted by atomic mass is 10.1. The summed E-state index contributed by atoms with van der Waals surface area (Å²) < 4.78 is 5.32. The Morgan fingerprint density at radius 2 is 2.00 bits per heavy atom. The molecule has 96 valence electrons. The summed E-state index contributed by atoms with van der Waals surface area (Å²) in [4.78, 5) is 2.30. The van der Waals surface area contributed by atoms with Crippen LogP contribution in [0.15, 0.2) is 24.3 Å². The highest BCUT2D eigenvalue weighted by Crippen LogP contribution is 2.16. The van der Waals surface area contributed by atoms with Crippen LogP contribution in [0.2, 0.25) is 0 Å². The highest BCUT2D eigenvalue weighted by atomic mass is 16.5. The largest absolute Gasteiger partial charge is 0.496 e. The highest BCUT2D eigenvalue weighted by Gasteiger charge is 2.00. The number of hydrogen-bond acceptors (Lipinski definition) is 3. The number of nitrogens with zero attached hydrogens (tertiary/aromatic N) is 1. The Morgan fingerprint density at radius 3 is 2.71 bits per heavy atom. The van der Waals surface area contributed by atoms with E-state index in [9.17, 15) is 0 Å². The van der Waals surface area contributed by atoms with Crippen LogP contribution in [0, 0.1) is 0 Å². The Bertz CT molecular complexity index is 315. The molecular weight excluding hydrogens is 212 g/mol. The van der Waals surface area contributed by atoms with Crippen LogP contribution in [-0.4, -0.2) is 45.2 Å². The van der Waals surface area contributed by atoms with Crippen LogP contribution in [0.4, 0.5) is 0 Å². The van der Waals surface area contributed by atoms with Crippen LogP contribution >= 0.6 is 0 Å². The lowest BCUT2D eigenvalue weighted by molar-refractivity contribution is 0.349. The zero-order valence-corrected chi connectivity index (χ0v) is 11.2. The third kappa shape index (κ3) is 5.20. The molecule has 0 aliphatic carbocycles. The van der Waals surface area contributed by atoms with Gasteiger partial charge in [0, 0.05) is 13.1 Å². The molecule has 0 aliphatic heterocycles. The molecule has 0 saturated carbocycles. The lowest BCUT2D eigenvalue weighted by Crippen LogP contribution is -2.30. The van der Waals surface area contributed by atoms with Crippen molar-refractivity contribution in [3.63, 3.8) is 0 Å². The van der Waals surface area contributed by atoms with Crippen LogP contribution in [0.1, 0.15) is 12.5 Å². The number of hydrogen-bond donors (Lipinski definition) is 1. The molecule has 0 spiro atoms. The minimum atomic E-state index is 0.986. The molecule has 0 bridgehead atoms. The molecule has 0 aromatic heterocycles. The molecule has 0 heterocycles. The fourth-order valence-corrected chi connectivity index (χ4v) is 1.69. The van der Waals surface area contributed by atoms with Gasteiger partial charge in [-0.1, -0.05) is 25.1 Å². The van der Waals surface area contributed by atoms with E-state index in [1.54, 1.807) is 7.11 Å². The SMILES string of the molecule is CCN(C)CCNCCc1ccccc1OC. The van der Waals surface area contributed by atoms with Gasteiger partial charge in [-0.25, -0.2) is 0 Å². The zero-order chi connectivity index (χ0) is 12.5. The van der Waals surface area contributed by atoms with Crippen molar-refractivity contribution in [2.45, 2.75) is 13.3 Å². The number of likely N-dealkylation sites (N-methyl/N-ethyl adjacent to an activating group) is 1. The first-order chi connectivity index (χ1) is 8.27. The van der Waals surface area contributed by atoms with E-state index in [0.717, 1.165) is 38.3 Å². The fourth-order valence-electron chi connectivity index (χ4n) is 1.69. The van der Waals surface area contributed by atoms with Gasteiger partial charge in [-0.15, -0.1) is 0 Å². The van der Waals surface area contributed by atoms with E-state index in [1.807, 2.05) is 12.1 Å². The lowest BCUT2D eigenvalue weighted by Gasteiger charge is -2.14. The molecule has 0 saturated heterocycles. The normalized spacial score (nSPS) is 10.8. The van der Waals surface area contributed by atoms with Crippen molar-refractivity contribution in [2.75, 3.05) is 40.3 Å². The summed E-state index contributed by atoms with van der Waals surface area (Å²) in [6, 6.07) is 8.20. The van der Waals surface area contributed by atoms with Crippen molar-refractivity contribution in [3.05, 3.63) is 29.8 Å². The topological polar surface area (TPSA) is 24.5 Å². The molecule has 0 radical (unpaired) electrons. The highest BCUT2D eigenvalue weighted by molar-refractivity contribution is 5.33. The Balaban J connectivity index is 2.22. The number of nitrogens with one attached hydrogen (secondary N) is 1. The molecule has 0 amide bonds. The van der Waals surface area contributed by atoms with Crippen molar-refractivity contribution in [1.82, 2.24) is 10.2 Å². The molecule has 0 aliphatic rings. The van der Waals surface area contributed by atoms with E-state index in [1.165, 1.54) is 5.56 Å². The van der Waals surface area contributed by atoms with Gasteiger partial charge in [0.05, 0.1) is 7.11 Å². The van der Waals surface area contributed by atoms with Gasteiger partial charge in [0.1, 0.15) is 5.75 Å². The third-order valence-corrected chi connectivity index (χ3v) is 2.97. The van der Waals surface area contributed by atoms with Gasteiger partial charge in [-0.3, -0.25) is 0 Å². The number of rotatable bonds is 8. The van der Waals surface area contributed by atoms with Crippen molar-refractivity contribution in [2.24, 2.45) is 0 Å². The van der Waals surface area contributed by atoms with Gasteiger partial charge in [-0.05, 0) is 38.2 Å². The van der Waals surface area contributed by atoms with Crippen LogP contribution in [0.25, 0.3) is 0 Å².